The molecular formula is C34H28Cl4N4O4. The van der Waals surface area contributed by atoms with Gasteiger partial charge in [-0.1, -0.05) is 70.7 Å². The fourth-order valence-electron chi connectivity index (χ4n) is 5.10. The van der Waals surface area contributed by atoms with Crippen LogP contribution in [0.3, 0.4) is 0 Å². The number of benzene rings is 4. The van der Waals surface area contributed by atoms with E-state index in [0.29, 0.717) is 68.8 Å². The molecule has 0 saturated carbocycles. The van der Waals surface area contributed by atoms with E-state index in [9.17, 15) is 19.2 Å². The minimum absolute atomic E-state index is 0.0979. The van der Waals surface area contributed by atoms with Crippen LogP contribution in [0.25, 0.3) is 0 Å². The van der Waals surface area contributed by atoms with Crippen LogP contribution in [-0.4, -0.2) is 72.4 Å². The van der Waals surface area contributed by atoms with Gasteiger partial charge in [-0.05, 0) is 60.7 Å². The zero-order valence-corrected chi connectivity index (χ0v) is 27.4. The van der Waals surface area contributed by atoms with Crippen molar-refractivity contribution in [3.8, 4) is 0 Å². The molecular weight excluding hydrogens is 670 g/mol. The molecule has 1 heterocycles. The van der Waals surface area contributed by atoms with Gasteiger partial charge in [0.1, 0.15) is 0 Å². The summed E-state index contributed by atoms with van der Waals surface area (Å²) in [5, 5.41) is 6.98. The first-order valence-corrected chi connectivity index (χ1v) is 15.8. The maximum atomic E-state index is 13.2. The quantitative estimate of drug-likeness (QED) is 0.174. The Morgan fingerprint density at radius 3 is 1.26 bits per heavy atom. The highest BCUT2D eigenvalue weighted by atomic mass is 35.5. The largest absolute Gasteiger partial charge is 0.324 e. The number of carbonyl (C=O) groups is 4. The number of amides is 2. The van der Waals surface area contributed by atoms with Crippen molar-refractivity contribution in [3.05, 3.63) is 127 Å². The summed E-state index contributed by atoms with van der Waals surface area (Å²) in [6, 6.07) is 22.8. The molecule has 5 rings (SSSR count). The number of nitrogens with zero attached hydrogens (tertiary/aromatic N) is 2. The minimum Gasteiger partial charge on any atom is -0.324 e. The normalized spacial score (nSPS) is 13.7. The molecule has 2 amide bonds. The number of carbonyl (C=O) groups excluding carboxylic acids is 4. The van der Waals surface area contributed by atoms with Crippen LogP contribution in [0.5, 0.6) is 0 Å². The number of nitrogens with one attached hydrogen (secondary N) is 2. The molecule has 4 aromatic carbocycles. The monoisotopic (exact) mass is 696 g/mol. The first kappa shape index (κ1) is 33.6. The van der Waals surface area contributed by atoms with E-state index < -0.39 is 0 Å². The minimum atomic E-state index is -0.353. The van der Waals surface area contributed by atoms with Gasteiger partial charge in [-0.15, -0.1) is 0 Å². The predicted molar refractivity (Wildman–Crippen MR) is 183 cm³/mol. The highest BCUT2D eigenvalue weighted by molar-refractivity contribution is 6.36. The van der Waals surface area contributed by atoms with Gasteiger partial charge in [0, 0.05) is 58.5 Å². The van der Waals surface area contributed by atoms with E-state index >= 15 is 0 Å². The molecule has 0 unspecified atom stereocenters. The second-order valence-electron chi connectivity index (χ2n) is 10.6. The van der Waals surface area contributed by atoms with E-state index in [1.807, 2.05) is 9.80 Å². The maximum Gasteiger partial charge on any atom is 0.238 e. The zero-order chi connectivity index (χ0) is 32.8. The molecule has 1 fully saturated rings. The van der Waals surface area contributed by atoms with Crippen molar-refractivity contribution in [2.24, 2.45) is 0 Å². The molecule has 0 radical (unpaired) electrons. The van der Waals surface area contributed by atoms with Crippen molar-refractivity contribution >= 4 is 81.2 Å². The van der Waals surface area contributed by atoms with E-state index in [1.165, 1.54) is 12.1 Å². The molecule has 0 atom stereocenters. The van der Waals surface area contributed by atoms with Crippen LogP contribution in [0.4, 0.5) is 11.4 Å². The fourth-order valence-corrected chi connectivity index (χ4v) is 5.89. The summed E-state index contributed by atoms with van der Waals surface area (Å²) in [5.74, 6) is -1.29. The molecule has 46 heavy (non-hydrogen) atoms. The van der Waals surface area contributed by atoms with Crippen molar-refractivity contribution in [3.63, 3.8) is 0 Å². The molecule has 0 spiro atoms. The molecule has 2 N–H and O–H groups in total. The summed E-state index contributed by atoms with van der Waals surface area (Å²) in [7, 11) is 0. The van der Waals surface area contributed by atoms with Crippen molar-refractivity contribution < 1.29 is 19.2 Å². The van der Waals surface area contributed by atoms with E-state index in [1.54, 1.807) is 72.8 Å². The number of piperazine rings is 1. The Morgan fingerprint density at radius 1 is 0.522 bits per heavy atom. The van der Waals surface area contributed by atoms with Gasteiger partial charge in [0.05, 0.1) is 34.5 Å². The average molecular weight is 698 g/mol. The average Bonchev–Trinajstić information content (AvgIpc) is 3.03. The Kier molecular flexibility index (Phi) is 11.1. The number of halogens is 4. The van der Waals surface area contributed by atoms with Crippen LogP contribution in [0, 0.1) is 0 Å². The third-order valence-electron chi connectivity index (χ3n) is 7.44. The number of rotatable bonds is 10. The van der Waals surface area contributed by atoms with Crippen LogP contribution < -0.4 is 10.6 Å². The zero-order valence-electron chi connectivity index (χ0n) is 24.4. The Labute approximate surface area is 286 Å². The van der Waals surface area contributed by atoms with Crippen molar-refractivity contribution in [2.75, 3.05) is 49.9 Å². The standard InChI is InChI=1S/C34H28Cl4N4O4/c35-21-9-11-29(25(17-21)33(45)23-5-1-3-7-27(23)37)39-31(43)19-41-13-15-42(16-14-41)20-32(44)40-30-12-10-22(36)18-26(30)34(46)24-6-2-4-8-28(24)38/h1-12,17-18H,13-16,19-20H2,(H,39,43)(H,40,44). The second-order valence-corrected chi connectivity index (χ2v) is 12.3. The summed E-state index contributed by atoms with van der Waals surface area (Å²) >= 11 is 24.8. The predicted octanol–water partition coefficient (Wildman–Crippen LogP) is 6.96. The van der Waals surface area contributed by atoms with E-state index in [-0.39, 0.29) is 47.6 Å². The number of anilines is 2. The van der Waals surface area contributed by atoms with E-state index in [4.69, 9.17) is 46.4 Å². The first-order chi connectivity index (χ1) is 22.1. The van der Waals surface area contributed by atoms with Crippen molar-refractivity contribution in [1.29, 1.82) is 0 Å². The molecule has 1 aliphatic heterocycles. The molecule has 1 saturated heterocycles. The van der Waals surface area contributed by atoms with Crippen LogP contribution in [0.1, 0.15) is 31.8 Å². The fraction of sp³-hybridized carbons (Fsp3) is 0.176. The summed E-state index contributed by atoms with van der Waals surface area (Å²) < 4.78 is 0. The smallest absolute Gasteiger partial charge is 0.238 e. The lowest BCUT2D eigenvalue weighted by Gasteiger charge is -2.33. The van der Waals surface area contributed by atoms with Crippen LogP contribution >= 0.6 is 46.4 Å². The third-order valence-corrected chi connectivity index (χ3v) is 8.57. The summed E-state index contributed by atoms with van der Waals surface area (Å²) in [6.07, 6.45) is 0. The summed E-state index contributed by atoms with van der Waals surface area (Å²) in [4.78, 5) is 56.4. The second kappa shape index (κ2) is 15.2. The van der Waals surface area contributed by atoms with Gasteiger partial charge in [-0.3, -0.25) is 29.0 Å². The van der Waals surface area contributed by atoms with Gasteiger partial charge in [-0.2, -0.15) is 0 Å². The third kappa shape index (κ3) is 8.33. The molecule has 12 heteroatoms. The van der Waals surface area contributed by atoms with Gasteiger partial charge in [0.15, 0.2) is 11.6 Å². The Balaban J connectivity index is 1.15. The molecule has 0 aromatic heterocycles. The topological polar surface area (TPSA) is 98.8 Å². The molecule has 0 aliphatic carbocycles. The Bertz CT molecular complexity index is 1680. The highest BCUT2D eigenvalue weighted by Gasteiger charge is 2.24. The van der Waals surface area contributed by atoms with Crippen molar-refractivity contribution in [2.45, 2.75) is 0 Å². The van der Waals surface area contributed by atoms with Gasteiger partial charge in [-0.25, -0.2) is 0 Å². The SMILES string of the molecule is O=C(CN1CCN(CC(=O)Nc2ccc(Cl)cc2C(=O)c2ccccc2Cl)CC1)Nc1ccc(Cl)cc1C(=O)c1ccccc1Cl. The number of hydrogen-bond donors (Lipinski definition) is 2. The van der Waals surface area contributed by atoms with Crippen molar-refractivity contribution in [1.82, 2.24) is 9.80 Å². The molecule has 4 aromatic rings. The number of ketones is 2. The van der Waals surface area contributed by atoms with Crippen LogP contribution in [-0.2, 0) is 9.59 Å². The van der Waals surface area contributed by atoms with Gasteiger partial charge < -0.3 is 10.6 Å². The number of hydrogen-bond acceptors (Lipinski definition) is 6. The van der Waals surface area contributed by atoms with Gasteiger partial charge in [0.25, 0.3) is 0 Å². The molecule has 0 bridgehead atoms. The Morgan fingerprint density at radius 2 is 0.891 bits per heavy atom. The van der Waals surface area contributed by atoms with Gasteiger partial charge in [0.2, 0.25) is 11.8 Å². The maximum absolute atomic E-state index is 13.2. The lowest BCUT2D eigenvalue weighted by molar-refractivity contribution is -0.120. The summed E-state index contributed by atoms with van der Waals surface area (Å²) in [5.41, 5.74) is 1.76. The van der Waals surface area contributed by atoms with E-state index in [0.717, 1.165) is 0 Å². The lowest BCUT2D eigenvalue weighted by Crippen LogP contribution is -2.50. The summed E-state index contributed by atoms with van der Waals surface area (Å²) in [6.45, 7) is 2.38. The molecule has 1 aliphatic rings. The lowest BCUT2D eigenvalue weighted by atomic mass is 10.0. The Hall–Kier alpha value is -3.76. The van der Waals surface area contributed by atoms with E-state index in [2.05, 4.69) is 10.6 Å². The van der Waals surface area contributed by atoms with Crippen LogP contribution in [0.2, 0.25) is 20.1 Å². The van der Waals surface area contributed by atoms with Crippen LogP contribution in [0.15, 0.2) is 84.9 Å². The first-order valence-electron chi connectivity index (χ1n) is 14.3. The molecule has 236 valence electrons. The highest BCUT2D eigenvalue weighted by Crippen LogP contribution is 2.28. The molecule has 8 nitrogen and oxygen atoms in total. The van der Waals surface area contributed by atoms with Gasteiger partial charge >= 0.3 is 0 Å².